The first-order valence-corrected chi connectivity index (χ1v) is 9.09. The molecule has 1 aliphatic heterocycles. The van der Waals surface area contributed by atoms with Gasteiger partial charge in [-0.1, -0.05) is 18.2 Å². The van der Waals surface area contributed by atoms with Crippen LogP contribution in [0, 0.1) is 23.7 Å². The van der Waals surface area contributed by atoms with Crippen LogP contribution < -0.4 is 28.7 Å². The van der Waals surface area contributed by atoms with Crippen molar-refractivity contribution < 1.29 is 28.7 Å². The second-order valence-corrected chi connectivity index (χ2v) is 8.54. The molecule has 6 unspecified atom stereocenters. The molecule has 0 N–H and O–H groups in total. The Morgan fingerprint density at radius 2 is 1.74 bits per heavy atom. The molecule has 0 amide bonds. The van der Waals surface area contributed by atoms with Gasteiger partial charge >= 0.3 is 0 Å². The first-order chi connectivity index (χ1) is 8.81. The Morgan fingerprint density at radius 1 is 1.00 bits per heavy atom. The van der Waals surface area contributed by atoms with Gasteiger partial charge in [-0.2, -0.15) is 0 Å². The van der Waals surface area contributed by atoms with Gasteiger partial charge in [-0.25, -0.2) is 0 Å². The van der Waals surface area contributed by atoms with Crippen molar-refractivity contribution >= 4 is 10.9 Å². The van der Waals surface area contributed by atoms with Crippen molar-refractivity contribution in [2.24, 2.45) is 23.7 Å². The highest BCUT2D eigenvalue weighted by atomic mass is 127. The van der Waals surface area contributed by atoms with Gasteiger partial charge in [-0.05, 0) is 41.8 Å². The van der Waals surface area contributed by atoms with E-state index in [0.717, 1.165) is 29.4 Å². The Balaban J connectivity index is 0.00000110. The fraction of sp³-hybridized carbons (Fsp3) is 0.625. The lowest BCUT2D eigenvalue weighted by atomic mass is 9.80. The maximum absolute atomic E-state index is 6.26. The standard InChI is InChI=1S/C16H21OS.HI/c1-18-9-14-11-7-13(15(14)10-18)16(8-11)17-12-5-3-2-4-6-12;/h2-6,11,13-16H,7-10H2,1H3;1H/q+1;/p-1. The lowest BCUT2D eigenvalue weighted by Crippen LogP contribution is -3.00. The molecule has 2 aliphatic carbocycles. The average molecular weight is 388 g/mol. The largest absolute Gasteiger partial charge is 1.00 e. The number of halogens is 1. The van der Waals surface area contributed by atoms with Gasteiger partial charge in [0.2, 0.25) is 0 Å². The van der Waals surface area contributed by atoms with Gasteiger partial charge in [0.05, 0.1) is 6.26 Å². The summed E-state index contributed by atoms with van der Waals surface area (Å²) in [4.78, 5) is 0. The summed E-state index contributed by atoms with van der Waals surface area (Å²) in [6, 6.07) is 10.4. The zero-order valence-corrected chi connectivity index (χ0v) is 14.3. The first-order valence-electron chi connectivity index (χ1n) is 7.12. The predicted octanol–water partition coefficient (Wildman–Crippen LogP) is -0.0281. The molecule has 0 aromatic heterocycles. The van der Waals surface area contributed by atoms with Crippen molar-refractivity contribution in [3.05, 3.63) is 30.3 Å². The minimum Gasteiger partial charge on any atom is -1.00 e. The molecule has 104 valence electrons. The summed E-state index contributed by atoms with van der Waals surface area (Å²) in [6.45, 7) is 0. The molecule has 2 saturated carbocycles. The van der Waals surface area contributed by atoms with Crippen LogP contribution in [0.25, 0.3) is 0 Å². The summed E-state index contributed by atoms with van der Waals surface area (Å²) in [7, 11) is 0.700. The summed E-state index contributed by atoms with van der Waals surface area (Å²) >= 11 is 0. The zero-order chi connectivity index (χ0) is 12.1. The third-order valence-corrected chi connectivity index (χ3v) is 7.19. The maximum atomic E-state index is 6.26. The average Bonchev–Trinajstić information content (AvgIpc) is 3.01. The van der Waals surface area contributed by atoms with Crippen LogP contribution in [0.2, 0.25) is 0 Å². The van der Waals surface area contributed by atoms with E-state index >= 15 is 0 Å². The second-order valence-electron chi connectivity index (χ2n) is 6.31. The Kier molecular flexibility index (Phi) is 4.05. The van der Waals surface area contributed by atoms with Gasteiger partial charge in [0.25, 0.3) is 0 Å². The van der Waals surface area contributed by atoms with Gasteiger partial charge in [-0.15, -0.1) is 0 Å². The summed E-state index contributed by atoms with van der Waals surface area (Å²) in [5.74, 6) is 7.96. The van der Waals surface area contributed by atoms with Crippen LogP contribution in [0.3, 0.4) is 0 Å². The molecular weight excluding hydrogens is 367 g/mol. The highest BCUT2D eigenvalue weighted by Gasteiger charge is 2.59. The van der Waals surface area contributed by atoms with Crippen LogP contribution in [0.4, 0.5) is 0 Å². The lowest BCUT2D eigenvalue weighted by Gasteiger charge is -2.29. The Morgan fingerprint density at radius 3 is 2.53 bits per heavy atom. The second kappa shape index (κ2) is 5.47. The van der Waals surface area contributed by atoms with E-state index in [0.29, 0.717) is 17.0 Å². The number of hydrogen-bond acceptors (Lipinski definition) is 1. The van der Waals surface area contributed by atoms with E-state index in [2.05, 4.69) is 36.6 Å². The number of para-hydroxylation sites is 1. The quantitative estimate of drug-likeness (QED) is 0.511. The number of hydrogen-bond donors (Lipinski definition) is 0. The zero-order valence-electron chi connectivity index (χ0n) is 11.3. The van der Waals surface area contributed by atoms with E-state index < -0.39 is 0 Å². The lowest BCUT2D eigenvalue weighted by molar-refractivity contribution is -0.00000513. The molecule has 1 aromatic carbocycles. The number of rotatable bonds is 2. The van der Waals surface area contributed by atoms with Crippen molar-refractivity contribution in [2.75, 3.05) is 17.8 Å². The SMILES string of the molecule is C[S+]1CC2C3CC(Oc4ccccc4)C(C3)C2C1.[I-]. The minimum atomic E-state index is 0. The molecule has 6 atom stereocenters. The fourth-order valence-electron chi connectivity index (χ4n) is 4.58. The number of benzene rings is 1. The molecule has 1 aromatic rings. The molecule has 3 heteroatoms. The van der Waals surface area contributed by atoms with Crippen molar-refractivity contribution in [3.63, 3.8) is 0 Å². The van der Waals surface area contributed by atoms with Crippen molar-refractivity contribution in [1.29, 1.82) is 0 Å². The summed E-state index contributed by atoms with van der Waals surface area (Å²) in [5.41, 5.74) is 0. The topological polar surface area (TPSA) is 9.23 Å². The van der Waals surface area contributed by atoms with E-state index in [-0.39, 0.29) is 24.0 Å². The fourth-order valence-corrected chi connectivity index (χ4v) is 7.04. The van der Waals surface area contributed by atoms with Gasteiger partial charge in [0.15, 0.2) is 0 Å². The highest BCUT2D eigenvalue weighted by molar-refractivity contribution is 7.96. The van der Waals surface area contributed by atoms with Gasteiger partial charge < -0.3 is 28.7 Å². The van der Waals surface area contributed by atoms with Gasteiger partial charge in [0, 0.05) is 17.8 Å². The molecule has 1 nitrogen and oxygen atoms in total. The Hall–Kier alpha value is 0.100. The number of fused-ring (bicyclic) bond motifs is 5. The maximum Gasteiger partial charge on any atom is 0.119 e. The molecule has 2 bridgehead atoms. The van der Waals surface area contributed by atoms with Crippen LogP contribution in [0.15, 0.2) is 30.3 Å². The van der Waals surface area contributed by atoms with Crippen LogP contribution >= 0.6 is 0 Å². The highest BCUT2D eigenvalue weighted by Crippen LogP contribution is 2.56. The van der Waals surface area contributed by atoms with E-state index in [4.69, 9.17) is 4.74 Å². The molecule has 0 radical (unpaired) electrons. The molecular formula is C16H21IOS. The third-order valence-electron chi connectivity index (χ3n) is 5.28. The summed E-state index contributed by atoms with van der Waals surface area (Å²) in [5, 5.41) is 0. The summed E-state index contributed by atoms with van der Waals surface area (Å²) < 4.78 is 6.26. The Labute approximate surface area is 135 Å². The molecule has 1 saturated heterocycles. The Bertz CT molecular complexity index is 438. The summed E-state index contributed by atoms with van der Waals surface area (Å²) in [6.07, 6.45) is 5.74. The van der Waals surface area contributed by atoms with Crippen molar-refractivity contribution in [3.8, 4) is 5.75 Å². The van der Waals surface area contributed by atoms with Crippen LogP contribution in [-0.2, 0) is 10.9 Å². The van der Waals surface area contributed by atoms with Crippen molar-refractivity contribution in [1.82, 2.24) is 0 Å². The van der Waals surface area contributed by atoms with Crippen molar-refractivity contribution in [2.45, 2.75) is 18.9 Å². The molecule has 1 heterocycles. The van der Waals surface area contributed by atoms with Gasteiger partial charge in [-0.3, -0.25) is 0 Å². The van der Waals surface area contributed by atoms with Crippen LogP contribution in [-0.4, -0.2) is 23.9 Å². The molecule has 19 heavy (non-hydrogen) atoms. The van der Waals surface area contributed by atoms with Gasteiger partial charge in [0.1, 0.15) is 23.4 Å². The molecule has 0 spiro atoms. The predicted molar refractivity (Wildman–Crippen MR) is 77.1 cm³/mol. The molecule has 3 aliphatic rings. The molecule has 4 rings (SSSR count). The van der Waals surface area contributed by atoms with E-state index in [9.17, 15) is 0 Å². The smallest absolute Gasteiger partial charge is 0.119 e. The number of ether oxygens (including phenoxy) is 1. The molecule has 3 fully saturated rings. The normalized spacial score (nSPS) is 42.8. The third kappa shape index (κ3) is 2.41. The first kappa shape index (κ1) is 14.1. The van der Waals surface area contributed by atoms with E-state index in [1.807, 2.05) is 0 Å². The van der Waals surface area contributed by atoms with E-state index in [1.54, 1.807) is 0 Å². The van der Waals surface area contributed by atoms with Crippen LogP contribution in [0.5, 0.6) is 5.75 Å². The van der Waals surface area contributed by atoms with Crippen LogP contribution in [0.1, 0.15) is 12.8 Å². The minimum absolute atomic E-state index is 0. The monoisotopic (exact) mass is 388 g/mol. The van der Waals surface area contributed by atoms with E-state index in [1.165, 1.54) is 24.3 Å².